The number of rotatable bonds is 29. The summed E-state index contributed by atoms with van der Waals surface area (Å²) < 4.78 is 49.2. The van der Waals surface area contributed by atoms with Gasteiger partial charge in [0, 0.05) is 33.5 Å². The Hall–Kier alpha value is -2.92. The summed E-state index contributed by atoms with van der Waals surface area (Å²) in [7, 11) is 3.15. The van der Waals surface area contributed by atoms with Crippen LogP contribution in [0.5, 0.6) is 0 Å². The Bertz CT molecular complexity index is 822. The molecule has 0 spiro atoms. The maximum atomic E-state index is 12.1. The van der Waals surface area contributed by atoms with E-state index in [4.69, 9.17) is 47.5 Å². The van der Waals surface area contributed by atoms with E-state index in [0.717, 1.165) is 0 Å². The highest BCUT2D eigenvalue weighted by Crippen LogP contribution is 2.13. The maximum Gasteiger partial charge on any atom is 0.333 e. The molecule has 15 heteroatoms. The third-order valence-corrected chi connectivity index (χ3v) is 5.56. The summed E-state index contributed by atoms with van der Waals surface area (Å²) in [5.74, 6) is -2.41. The van der Waals surface area contributed by atoms with Crippen molar-refractivity contribution >= 4 is 23.6 Å². The van der Waals surface area contributed by atoms with E-state index >= 15 is 0 Å². The van der Waals surface area contributed by atoms with Crippen LogP contribution in [0.3, 0.4) is 0 Å². The van der Waals surface area contributed by atoms with Crippen molar-refractivity contribution in [3.8, 4) is 0 Å². The van der Waals surface area contributed by atoms with Crippen LogP contribution in [0.15, 0.2) is 25.7 Å². The molecule has 1 rings (SSSR count). The van der Waals surface area contributed by atoms with Crippen LogP contribution in [0.25, 0.3) is 0 Å². The SMILES string of the molecule is C=COCC(COCC(COCC(COCC(=O)CCC(=O)ON1C(=O)CCC1=O)OC=C)OCCOC)OCCOC. The van der Waals surface area contributed by atoms with Crippen molar-refractivity contribution in [3.05, 3.63) is 25.7 Å². The smallest absolute Gasteiger partial charge is 0.333 e. The second-order valence-corrected chi connectivity index (χ2v) is 9.07. The molecule has 0 saturated carbocycles. The van der Waals surface area contributed by atoms with E-state index in [1.807, 2.05) is 0 Å². The summed E-state index contributed by atoms with van der Waals surface area (Å²) >= 11 is 0. The van der Waals surface area contributed by atoms with E-state index in [1.165, 1.54) is 12.5 Å². The number of nitrogens with zero attached hydrogens (tertiary/aromatic N) is 1. The molecule has 0 bridgehead atoms. The Kier molecular flexibility index (Phi) is 21.7. The number of ether oxygens (including phenoxy) is 9. The summed E-state index contributed by atoms with van der Waals surface area (Å²) in [4.78, 5) is 51.7. The molecule has 1 saturated heterocycles. The second kappa shape index (κ2) is 24.5. The fourth-order valence-corrected chi connectivity index (χ4v) is 3.41. The van der Waals surface area contributed by atoms with Gasteiger partial charge in [-0.05, 0) is 0 Å². The molecule has 3 unspecified atom stereocenters. The summed E-state index contributed by atoms with van der Waals surface area (Å²) in [5, 5.41) is 0.439. The zero-order chi connectivity index (χ0) is 31.7. The number of methoxy groups -OCH3 is 2. The number of hydrogen-bond acceptors (Lipinski definition) is 14. The molecule has 1 fully saturated rings. The van der Waals surface area contributed by atoms with Crippen molar-refractivity contribution in [2.24, 2.45) is 0 Å². The van der Waals surface area contributed by atoms with Gasteiger partial charge in [-0.1, -0.05) is 13.2 Å². The highest BCUT2D eigenvalue weighted by molar-refractivity contribution is 6.01. The molecular weight excluding hydrogens is 574 g/mol. The molecule has 0 aromatic carbocycles. The average molecular weight is 620 g/mol. The van der Waals surface area contributed by atoms with Crippen molar-refractivity contribution in [3.63, 3.8) is 0 Å². The normalized spacial score (nSPS) is 15.2. The van der Waals surface area contributed by atoms with Gasteiger partial charge in [0.05, 0.1) is 78.4 Å². The van der Waals surface area contributed by atoms with Crippen LogP contribution in [0.1, 0.15) is 25.7 Å². The molecule has 1 heterocycles. The molecule has 246 valence electrons. The van der Waals surface area contributed by atoms with Gasteiger partial charge in [0.25, 0.3) is 11.8 Å². The zero-order valence-corrected chi connectivity index (χ0v) is 25.1. The molecule has 15 nitrogen and oxygen atoms in total. The Labute approximate surface area is 252 Å². The lowest BCUT2D eigenvalue weighted by Gasteiger charge is -2.22. The predicted molar refractivity (Wildman–Crippen MR) is 148 cm³/mol. The standard InChI is InChI=1S/C28H45NO14/c1-5-36-16-24(41-13-11-34-3)19-39-21-25(42-14-12-35-4)20-38-18-23(40-6-2)17-37-15-22(30)7-10-28(33)43-29-26(31)8-9-27(29)32/h5-6,23-25H,1-2,7-21H2,3-4H3. The topological polar surface area (TPSA) is 164 Å². The fourth-order valence-electron chi connectivity index (χ4n) is 3.41. The quantitative estimate of drug-likeness (QED) is 0.0654. The van der Waals surface area contributed by atoms with E-state index in [-0.39, 0.29) is 83.8 Å². The number of ketones is 1. The van der Waals surface area contributed by atoms with E-state index in [0.29, 0.717) is 31.5 Å². The first-order chi connectivity index (χ1) is 20.8. The molecule has 2 amide bonds. The van der Waals surface area contributed by atoms with Gasteiger partial charge in [-0.25, -0.2) is 4.79 Å². The molecule has 0 aliphatic carbocycles. The van der Waals surface area contributed by atoms with Crippen LogP contribution in [0.2, 0.25) is 0 Å². The van der Waals surface area contributed by atoms with Crippen LogP contribution < -0.4 is 0 Å². The summed E-state index contributed by atoms with van der Waals surface area (Å²) in [5.41, 5.74) is 0. The largest absolute Gasteiger partial charge is 0.499 e. The molecular formula is C28H45NO14. The van der Waals surface area contributed by atoms with Crippen LogP contribution in [-0.4, -0.2) is 134 Å². The number of carbonyl (C=O) groups is 4. The first-order valence-electron chi connectivity index (χ1n) is 13.9. The van der Waals surface area contributed by atoms with Crippen molar-refractivity contribution < 1.29 is 66.6 Å². The van der Waals surface area contributed by atoms with Gasteiger partial charge in [-0.3, -0.25) is 14.4 Å². The van der Waals surface area contributed by atoms with Crippen molar-refractivity contribution in [1.29, 1.82) is 0 Å². The first-order valence-corrected chi connectivity index (χ1v) is 13.9. The van der Waals surface area contributed by atoms with Crippen molar-refractivity contribution in [2.75, 3.05) is 86.9 Å². The van der Waals surface area contributed by atoms with Gasteiger partial charge in [0.15, 0.2) is 5.78 Å². The van der Waals surface area contributed by atoms with Crippen LogP contribution in [0, 0.1) is 0 Å². The molecule has 1 aliphatic heterocycles. The summed E-state index contributed by atoms with van der Waals surface area (Å²) in [6, 6.07) is 0. The number of hydroxylamine groups is 2. The molecule has 0 aromatic heterocycles. The molecule has 1 aliphatic rings. The van der Waals surface area contributed by atoms with Crippen molar-refractivity contribution in [2.45, 2.75) is 44.0 Å². The number of Topliss-reactive ketones (excluding diaryl/α,β-unsaturated/α-hetero) is 1. The molecule has 0 N–H and O–H groups in total. The minimum atomic E-state index is -0.858. The minimum Gasteiger partial charge on any atom is -0.499 e. The number of imide groups is 1. The zero-order valence-electron chi connectivity index (χ0n) is 25.1. The lowest BCUT2D eigenvalue weighted by molar-refractivity contribution is -0.197. The van der Waals surface area contributed by atoms with Crippen molar-refractivity contribution in [1.82, 2.24) is 5.06 Å². The van der Waals surface area contributed by atoms with Gasteiger partial charge in [0.2, 0.25) is 0 Å². The van der Waals surface area contributed by atoms with Crippen LogP contribution in [0.4, 0.5) is 0 Å². The third-order valence-electron chi connectivity index (χ3n) is 5.56. The predicted octanol–water partition coefficient (Wildman–Crippen LogP) is 0.745. The van der Waals surface area contributed by atoms with Gasteiger partial charge in [-0.2, -0.15) is 0 Å². The van der Waals surface area contributed by atoms with Gasteiger partial charge in [-0.15, -0.1) is 5.06 Å². The fraction of sp³-hybridized carbons (Fsp3) is 0.714. The number of carbonyl (C=O) groups excluding carboxylic acids is 4. The average Bonchev–Trinajstić information content (AvgIpc) is 3.30. The first kappa shape index (κ1) is 38.1. The highest BCUT2D eigenvalue weighted by atomic mass is 16.7. The number of amides is 2. The Morgan fingerprint density at radius 1 is 0.744 bits per heavy atom. The Morgan fingerprint density at radius 2 is 1.28 bits per heavy atom. The molecule has 3 atom stereocenters. The summed E-state index contributed by atoms with van der Waals surface area (Å²) in [6.45, 7) is 9.34. The Morgan fingerprint density at radius 3 is 1.81 bits per heavy atom. The maximum absolute atomic E-state index is 12.1. The lowest BCUT2D eigenvalue weighted by Crippen LogP contribution is -2.33. The van der Waals surface area contributed by atoms with Gasteiger partial charge >= 0.3 is 5.97 Å². The summed E-state index contributed by atoms with van der Waals surface area (Å²) in [6.07, 6.45) is 0.737. The molecule has 0 radical (unpaired) electrons. The molecule has 43 heavy (non-hydrogen) atoms. The third kappa shape index (κ3) is 18.4. The minimum absolute atomic E-state index is 0.00842. The van der Waals surface area contributed by atoms with E-state index in [9.17, 15) is 19.2 Å². The van der Waals surface area contributed by atoms with Gasteiger partial charge in [0.1, 0.15) is 31.5 Å². The molecule has 0 aromatic rings. The van der Waals surface area contributed by atoms with E-state index in [1.54, 1.807) is 14.2 Å². The number of hydrogen-bond donors (Lipinski definition) is 0. The second-order valence-electron chi connectivity index (χ2n) is 9.07. The van der Waals surface area contributed by atoms with Crippen LogP contribution in [-0.2, 0) is 66.6 Å². The van der Waals surface area contributed by atoms with Gasteiger partial charge < -0.3 is 47.5 Å². The van der Waals surface area contributed by atoms with E-state index in [2.05, 4.69) is 13.2 Å². The lowest BCUT2D eigenvalue weighted by atomic mass is 10.2. The highest BCUT2D eigenvalue weighted by Gasteiger charge is 2.32. The van der Waals surface area contributed by atoms with E-state index < -0.39 is 30.0 Å². The monoisotopic (exact) mass is 619 g/mol. The van der Waals surface area contributed by atoms with Crippen LogP contribution >= 0.6 is 0 Å². The Balaban J connectivity index is 2.40.